The number of nitrogens with two attached hydrogens (primary N) is 2. The maximum absolute atomic E-state index is 11.7. The van der Waals surface area contributed by atoms with Crippen molar-refractivity contribution in [1.29, 1.82) is 0 Å². The lowest BCUT2D eigenvalue weighted by Crippen LogP contribution is -2.55. The van der Waals surface area contributed by atoms with Gasteiger partial charge in [-0.2, -0.15) is 0 Å². The highest BCUT2D eigenvalue weighted by atomic mass is 16.2. The van der Waals surface area contributed by atoms with Crippen LogP contribution in [-0.2, 0) is 0 Å². The Kier molecular flexibility index (Phi) is 5.75. The molecule has 0 aliphatic heterocycles. The van der Waals surface area contributed by atoms with Crippen molar-refractivity contribution in [3.8, 4) is 0 Å². The average Bonchev–Trinajstić information content (AvgIpc) is 1.99. The minimum atomic E-state index is -0.280. The fraction of sp³-hybridized carbons (Fsp3) is 0.909. The summed E-state index contributed by atoms with van der Waals surface area (Å²) < 4.78 is 0. The largest absolute Gasteiger partial charge is 0.333 e. The molecule has 5 heteroatoms. The average molecular weight is 230 g/mol. The van der Waals surface area contributed by atoms with Crippen molar-refractivity contribution < 1.29 is 4.79 Å². The number of nitrogens with one attached hydrogen (secondary N) is 2. The van der Waals surface area contributed by atoms with Crippen LogP contribution in [0, 0.1) is 0 Å². The van der Waals surface area contributed by atoms with Crippen LogP contribution in [0.25, 0.3) is 0 Å². The Morgan fingerprint density at radius 3 is 1.50 bits per heavy atom. The first-order chi connectivity index (χ1) is 7.22. The fourth-order valence-corrected chi connectivity index (χ4v) is 1.49. The zero-order valence-electron chi connectivity index (χ0n) is 10.9. The van der Waals surface area contributed by atoms with Crippen molar-refractivity contribution >= 4 is 6.03 Å². The second-order valence-electron chi connectivity index (χ2n) is 5.42. The Balaban J connectivity index is 4.17. The van der Waals surface area contributed by atoms with E-state index < -0.39 is 0 Å². The third-order valence-electron chi connectivity index (χ3n) is 2.44. The van der Waals surface area contributed by atoms with E-state index in [9.17, 15) is 4.79 Å². The summed E-state index contributed by atoms with van der Waals surface area (Å²) in [5.41, 5.74) is 10.4. The van der Waals surface area contributed by atoms with Crippen molar-refractivity contribution in [2.24, 2.45) is 11.5 Å². The fourth-order valence-electron chi connectivity index (χ4n) is 1.49. The topological polar surface area (TPSA) is 93.2 Å². The third kappa shape index (κ3) is 6.63. The summed E-state index contributed by atoms with van der Waals surface area (Å²) in [5, 5.41) is 5.80. The molecule has 0 heterocycles. The molecule has 96 valence electrons. The Morgan fingerprint density at radius 2 is 1.25 bits per heavy atom. The van der Waals surface area contributed by atoms with Crippen molar-refractivity contribution in [2.75, 3.05) is 13.1 Å². The summed E-state index contributed by atoms with van der Waals surface area (Å²) in [6, 6.07) is -0.170. The maximum atomic E-state index is 11.7. The van der Waals surface area contributed by atoms with Gasteiger partial charge in [-0.3, -0.25) is 0 Å². The van der Waals surface area contributed by atoms with Crippen molar-refractivity contribution in [2.45, 2.75) is 51.6 Å². The molecule has 0 fully saturated rings. The molecule has 0 aromatic heterocycles. The standard InChI is InChI=1S/C11H26N4O/c1-10(2,5-7-12)14-9(16)15-11(3,4)6-8-13/h5-8,12-13H2,1-4H3,(H2,14,15,16). The zero-order chi connectivity index (χ0) is 12.8. The molecule has 16 heavy (non-hydrogen) atoms. The molecule has 0 atom stereocenters. The zero-order valence-corrected chi connectivity index (χ0v) is 10.9. The number of hydrogen-bond donors (Lipinski definition) is 4. The Hall–Kier alpha value is -0.810. The molecule has 0 saturated heterocycles. The number of rotatable bonds is 6. The first-order valence-electron chi connectivity index (χ1n) is 5.73. The van der Waals surface area contributed by atoms with E-state index in [1.54, 1.807) is 0 Å². The van der Waals surface area contributed by atoms with E-state index in [-0.39, 0.29) is 17.1 Å². The van der Waals surface area contributed by atoms with Crippen LogP contribution >= 0.6 is 0 Å². The van der Waals surface area contributed by atoms with Gasteiger partial charge in [-0.1, -0.05) is 0 Å². The van der Waals surface area contributed by atoms with Crippen molar-refractivity contribution in [3.63, 3.8) is 0 Å². The molecule has 0 aliphatic carbocycles. The summed E-state index contributed by atoms with van der Waals surface area (Å²) in [6.45, 7) is 8.93. The van der Waals surface area contributed by atoms with Gasteiger partial charge in [0.2, 0.25) is 0 Å². The number of urea groups is 1. The van der Waals surface area contributed by atoms with Gasteiger partial charge in [0.15, 0.2) is 0 Å². The predicted octanol–water partition coefficient (Wildman–Crippen LogP) is 0.540. The van der Waals surface area contributed by atoms with Gasteiger partial charge in [0.25, 0.3) is 0 Å². The molecule has 0 rings (SSSR count). The molecule has 0 bridgehead atoms. The van der Waals surface area contributed by atoms with Crippen LogP contribution in [-0.4, -0.2) is 30.2 Å². The summed E-state index contributed by atoms with van der Waals surface area (Å²) in [4.78, 5) is 11.7. The number of hydrogen-bond acceptors (Lipinski definition) is 3. The van der Waals surface area contributed by atoms with Gasteiger partial charge in [0.05, 0.1) is 0 Å². The van der Waals surface area contributed by atoms with E-state index in [2.05, 4.69) is 10.6 Å². The molecule has 2 amide bonds. The summed E-state index contributed by atoms with van der Waals surface area (Å²) in [6.07, 6.45) is 1.50. The summed E-state index contributed by atoms with van der Waals surface area (Å²) in [5.74, 6) is 0. The SMILES string of the molecule is CC(C)(CCN)NC(=O)NC(C)(C)CCN. The predicted molar refractivity (Wildman–Crippen MR) is 67.2 cm³/mol. The first-order valence-corrected chi connectivity index (χ1v) is 5.73. The van der Waals surface area contributed by atoms with E-state index in [0.717, 1.165) is 12.8 Å². The van der Waals surface area contributed by atoms with Gasteiger partial charge >= 0.3 is 6.03 Å². The lowest BCUT2D eigenvalue weighted by molar-refractivity contribution is 0.216. The molecular formula is C11H26N4O. The van der Waals surface area contributed by atoms with Gasteiger partial charge in [-0.05, 0) is 53.6 Å². The summed E-state index contributed by atoms with van der Waals surface area (Å²) >= 11 is 0. The van der Waals surface area contributed by atoms with Crippen LogP contribution in [0.5, 0.6) is 0 Å². The minimum absolute atomic E-state index is 0.170. The highest BCUT2D eigenvalue weighted by Gasteiger charge is 2.24. The van der Waals surface area contributed by atoms with E-state index in [0.29, 0.717) is 13.1 Å². The van der Waals surface area contributed by atoms with Crippen LogP contribution in [0.2, 0.25) is 0 Å². The van der Waals surface area contributed by atoms with Gasteiger partial charge in [0.1, 0.15) is 0 Å². The molecular weight excluding hydrogens is 204 g/mol. The van der Waals surface area contributed by atoms with Crippen LogP contribution in [0.3, 0.4) is 0 Å². The second kappa shape index (κ2) is 6.06. The molecule has 0 spiro atoms. The van der Waals surface area contributed by atoms with Gasteiger partial charge < -0.3 is 22.1 Å². The van der Waals surface area contributed by atoms with Crippen LogP contribution < -0.4 is 22.1 Å². The normalized spacial score (nSPS) is 12.4. The molecule has 5 nitrogen and oxygen atoms in total. The van der Waals surface area contributed by atoms with Crippen molar-refractivity contribution in [3.05, 3.63) is 0 Å². The van der Waals surface area contributed by atoms with Crippen LogP contribution in [0.1, 0.15) is 40.5 Å². The minimum Gasteiger partial charge on any atom is -0.333 e. The van der Waals surface area contributed by atoms with E-state index in [1.807, 2.05) is 27.7 Å². The highest BCUT2D eigenvalue weighted by molar-refractivity contribution is 5.75. The second-order valence-corrected chi connectivity index (χ2v) is 5.42. The van der Waals surface area contributed by atoms with Crippen LogP contribution in [0.15, 0.2) is 0 Å². The molecule has 0 radical (unpaired) electrons. The molecule has 0 aromatic rings. The van der Waals surface area contributed by atoms with Gasteiger partial charge in [-0.15, -0.1) is 0 Å². The quantitative estimate of drug-likeness (QED) is 0.536. The van der Waals surface area contributed by atoms with Crippen molar-refractivity contribution in [1.82, 2.24) is 10.6 Å². The summed E-state index contributed by atoms with van der Waals surface area (Å²) in [7, 11) is 0. The molecule has 0 aromatic carbocycles. The smallest absolute Gasteiger partial charge is 0.315 e. The Morgan fingerprint density at radius 1 is 0.938 bits per heavy atom. The Labute approximate surface area is 98.3 Å². The number of amides is 2. The molecule has 0 aliphatic rings. The van der Waals surface area contributed by atoms with E-state index in [4.69, 9.17) is 11.5 Å². The van der Waals surface area contributed by atoms with E-state index in [1.165, 1.54) is 0 Å². The molecule has 6 N–H and O–H groups in total. The van der Waals surface area contributed by atoms with Crippen LogP contribution in [0.4, 0.5) is 4.79 Å². The van der Waals surface area contributed by atoms with Gasteiger partial charge in [0, 0.05) is 11.1 Å². The number of carbonyl (C=O) groups is 1. The Bertz CT molecular complexity index is 204. The highest BCUT2D eigenvalue weighted by Crippen LogP contribution is 2.09. The molecule has 0 saturated carbocycles. The lowest BCUT2D eigenvalue weighted by atomic mass is 10.00. The third-order valence-corrected chi connectivity index (χ3v) is 2.44. The lowest BCUT2D eigenvalue weighted by Gasteiger charge is -2.30. The maximum Gasteiger partial charge on any atom is 0.315 e. The monoisotopic (exact) mass is 230 g/mol. The molecule has 0 unspecified atom stereocenters. The first kappa shape index (κ1) is 15.2. The van der Waals surface area contributed by atoms with E-state index >= 15 is 0 Å². The number of carbonyl (C=O) groups excluding carboxylic acids is 1. The van der Waals surface area contributed by atoms with Gasteiger partial charge in [-0.25, -0.2) is 4.79 Å².